The number of allylic oxidation sites excluding steroid dienone is 1. The smallest absolute Gasteiger partial charge is 0.268 e. The maximum absolute atomic E-state index is 12.5. The van der Waals surface area contributed by atoms with E-state index in [1.54, 1.807) is 18.2 Å². The molecule has 0 saturated heterocycles. The molecule has 4 heteroatoms. The van der Waals surface area contributed by atoms with Crippen LogP contribution in [0.4, 0.5) is 0 Å². The van der Waals surface area contributed by atoms with Crippen LogP contribution in [0.3, 0.4) is 0 Å². The second-order valence-electron chi connectivity index (χ2n) is 4.58. The number of aromatic nitrogens is 1. The van der Waals surface area contributed by atoms with Crippen LogP contribution >= 0.6 is 0 Å². The second kappa shape index (κ2) is 6.19. The standard InChI is InChI=1S/C16H18N2O2/c1-3-9-17-15(19)14-11-12-7-5-6-8-13(12)16(20)18(14)10-4-2/h4-8,11H,2-3,9-10H2,1H3,(H,17,19). The highest BCUT2D eigenvalue weighted by Gasteiger charge is 2.14. The van der Waals surface area contributed by atoms with E-state index >= 15 is 0 Å². The molecule has 2 aromatic rings. The molecule has 0 bridgehead atoms. The maximum Gasteiger partial charge on any atom is 0.268 e. The van der Waals surface area contributed by atoms with Gasteiger partial charge in [0.2, 0.25) is 0 Å². The molecule has 1 heterocycles. The summed E-state index contributed by atoms with van der Waals surface area (Å²) < 4.78 is 1.46. The maximum atomic E-state index is 12.5. The zero-order valence-corrected chi connectivity index (χ0v) is 11.6. The summed E-state index contributed by atoms with van der Waals surface area (Å²) >= 11 is 0. The van der Waals surface area contributed by atoms with Gasteiger partial charge in [-0.2, -0.15) is 0 Å². The van der Waals surface area contributed by atoms with Crippen LogP contribution in [0.2, 0.25) is 0 Å². The molecule has 0 saturated carbocycles. The molecule has 0 unspecified atom stereocenters. The van der Waals surface area contributed by atoms with E-state index in [2.05, 4.69) is 11.9 Å². The van der Waals surface area contributed by atoms with Gasteiger partial charge in [0.05, 0.1) is 0 Å². The number of fused-ring (bicyclic) bond motifs is 1. The zero-order valence-electron chi connectivity index (χ0n) is 11.6. The number of amides is 1. The van der Waals surface area contributed by atoms with Crippen LogP contribution in [0.15, 0.2) is 47.8 Å². The van der Waals surface area contributed by atoms with Crippen molar-refractivity contribution in [3.63, 3.8) is 0 Å². The Morgan fingerprint density at radius 2 is 2.15 bits per heavy atom. The van der Waals surface area contributed by atoms with Crippen LogP contribution in [0.5, 0.6) is 0 Å². The highest BCUT2D eigenvalue weighted by atomic mass is 16.2. The number of pyridine rings is 1. The molecule has 0 atom stereocenters. The van der Waals surface area contributed by atoms with Gasteiger partial charge in [0, 0.05) is 18.5 Å². The third-order valence-corrected chi connectivity index (χ3v) is 3.10. The molecule has 0 radical (unpaired) electrons. The Morgan fingerprint density at radius 3 is 2.85 bits per heavy atom. The van der Waals surface area contributed by atoms with Crippen LogP contribution in [0.1, 0.15) is 23.8 Å². The van der Waals surface area contributed by atoms with E-state index in [-0.39, 0.29) is 11.5 Å². The molecule has 1 aromatic heterocycles. The summed E-state index contributed by atoms with van der Waals surface area (Å²) in [6.45, 7) is 6.54. The van der Waals surface area contributed by atoms with Crippen LogP contribution in [0, 0.1) is 0 Å². The van der Waals surface area contributed by atoms with Crippen molar-refractivity contribution in [3.05, 3.63) is 59.0 Å². The van der Waals surface area contributed by atoms with Crippen LogP contribution in [-0.2, 0) is 6.54 Å². The van der Waals surface area contributed by atoms with Crippen molar-refractivity contribution in [1.82, 2.24) is 9.88 Å². The number of nitrogens with one attached hydrogen (secondary N) is 1. The number of carbonyl (C=O) groups excluding carboxylic acids is 1. The first-order valence-electron chi connectivity index (χ1n) is 6.70. The first kappa shape index (κ1) is 14.1. The van der Waals surface area contributed by atoms with Crippen molar-refractivity contribution in [1.29, 1.82) is 0 Å². The van der Waals surface area contributed by atoms with E-state index in [0.29, 0.717) is 24.2 Å². The largest absolute Gasteiger partial charge is 0.351 e. The normalized spacial score (nSPS) is 10.4. The lowest BCUT2D eigenvalue weighted by Gasteiger charge is -2.12. The number of hydrogen-bond acceptors (Lipinski definition) is 2. The van der Waals surface area contributed by atoms with E-state index in [1.807, 2.05) is 25.1 Å². The fourth-order valence-electron chi connectivity index (χ4n) is 2.13. The number of benzene rings is 1. The van der Waals surface area contributed by atoms with Gasteiger partial charge < -0.3 is 5.32 Å². The molecule has 0 aliphatic heterocycles. The Labute approximate surface area is 117 Å². The molecule has 4 nitrogen and oxygen atoms in total. The zero-order chi connectivity index (χ0) is 14.5. The molecular formula is C16H18N2O2. The molecule has 2 rings (SSSR count). The van der Waals surface area contributed by atoms with E-state index in [1.165, 1.54) is 4.57 Å². The first-order valence-corrected chi connectivity index (χ1v) is 6.70. The third kappa shape index (κ3) is 2.64. The lowest BCUT2D eigenvalue weighted by atomic mass is 10.1. The highest BCUT2D eigenvalue weighted by molar-refractivity contribution is 5.96. The Kier molecular flexibility index (Phi) is 4.35. The fraction of sp³-hybridized carbons (Fsp3) is 0.250. The van der Waals surface area contributed by atoms with Gasteiger partial charge in [0.15, 0.2) is 0 Å². The van der Waals surface area contributed by atoms with Gasteiger partial charge in [-0.25, -0.2) is 0 Å². The molecule has 0 aliphatic carbocycles. The lowest BCUT2D eigenvalue weighted by molar-refractivity contribution is 0.0944. The Morgan fingerprint density at radius 1 is 1.40 bits per heavy atom. The van der Waals surface area contributed by atoms with Gasteiger partial charge in [-0.3, -0.25) is 14.2 Å². The van der Waals surface area contributed by atoms with Crippen LogP contribution in [-0.4, -0.2) is 17.0 Å². The number of hydrogen-bond donors (Lipinski definition) is 1. The molecule has 0 fully saturated rings. The lowest BCUT2D eigenvalue weighted by Crippen LogP contribution is -2.32. The minimum atomic E-state index is -0.225. The number of nitrogens with zero attached hydrogens (tertiary/aromatic N) is 1. The molecule has 0 aliphatic rings. The molecule has 0 spiro atoms. The predicted octanol–water partition coefficient (Wildman–Crippen LogP) is 2.33. The van der Waals surface area contributed by atoms with Gasteiger partial charge in [-0.1, -0.05) is 31.2 Å². The SMILES string of the molecule is C=CCn1c(C(=O)NCCC)cc2ccccc2c1=O. The average Bonchev–Trinajstić information content (AvgIpc) is 2.47. The Hall–Kier alpha value is -2.36. The number of carbonyl (C=O) groups is 1. The quantitative estimate of drug-likeness (QED) is 0.848. The van der Waals surface area contributed by atoms with Crippen molar-refractivity contribution in [3.8, 4) is 0 Å². The topological polar surface area (TPSA) is 51.1 Å². The van der Waals surface area contributed by atoms with Gasteiger partial charge in [0.25, 0.3) is 11.5 Å². The van der Waals surface area contributed by atoms with Gasteiger partial charge in [-0.05, 0) is 23.9 Å². The van der Waals surface area contributed by atoms with Gasteiger partial charge >= 0.3 is 0 Å². The van der Waals surface area contributed by atoms with Crippen molar-refractivity contribution in [2.45, 2.75) is 19.9 Å². The van der Waals surface area contributed by atoms with E-state index in [9.17, 15) is 9.59 Å². The fourth-order valence-corrected chi connectivity index (χ4v) is 2.13. The summed E-state index contributed by atoms with van der Waals surface area (Å²) in [5.41, 5.74) is 0.215. The number of rotatable bonds is 5. The van der Waals surface area contributed by atoms with Crippen molar-refractivity contribution < 1.29 is 4.79 Å². The van der Waals surface area contributed by atoms with E-state index in [4.69, 9.17) is 0 Å². The monoisotopic (exact) mass is 270 g/mol. The summed E-state index contributed by atoms with van der Waals surface area (Å²) in [7, 11) is 0. The second-order valence-corrected chi connectivity index (χ2v) is 4.58. The Bertz CT molecular complexity index is 701. The molecule has 1 aromatic carbocycles. The van der Waals surface area contributed by atoms with Crippen molar-refractivity contribution >= 4 is 16.7 Å². The van der Waals surface area contributed by atoms with Gasteiger partial charge in [0.1, 0.15) is 5.69 Å². The van der Waals surface area contributed by atoms with Crippen molar-refractivity contribution in [2.75, 3.05) is 6.54 Å². The Balaban J connectivity index is 2.62. The summed E-state index contributed by atoms with van der Waals surface area (Å²) in [6, 6.07) is 9.04. The van der Waals surface area contributed by atoms with E-state index in [0.717, 1.165) is 11.8 Å². The van der Waals surface area contributed by atoms with Gasteiger partial charge in [-0.15, -0.1) is 6.58 Å². The molecular weight excluding hydrogens is 252 g/mol. The third-order valence-electron chi connectivity index (χ3n) is 3.10. The van der Waals surface area contributed by atoms with Crippen molar-refractivity contribution in [2.24, 2.45) is 0 Å². The molecule has 104 valence electrons. The predicted molar refractivity (Wildman–Crippen MR) is 81.0 cm³/mol. The molecule has 1 N–H and O–H groups in total. The minimum absolute atomic E-state index is 0.162. The summed E-state index contributed by atoms with van der Waals surface area (Å²) in [5, 5.41) is 4.20. The summed E-state index contributed by atoms with van der Waals surface area (Å²) in [6.07, 6.45) is 2.47. The summed E-state index contributed by atoms with van der Waals surface area (Å²) in [5.74, 6) is -0.225. The average molecular weight is 270 g/mol. The molecule has 20 heavy (non-hydrogen) atoms. The first-order chi connectivity index (χ1) is 9.69. The van der Waals surface area contributed by atoms with Crippen LogP contribution < -0.4 is 10.9 Å². The van der Waals surface area contributed by atoms with E-state index < -0.39 is 0 Å². The molecule has 1 amide bonds. The minimum Gasteiger partial charge on any atom is -0.351 e. The van der Waals surface area contributed by atoms with Crippen LogP contribution in [0.25, 0.3) is 10.8 Å². The summed E-state index contributed by atoms with van der Waals surface area (Å²) in [4.78, 5) is 24.6. The highest BCUT2D eigenvalue weighted by Crippen LogP contribution is 2.12.